The second kappa shape index (κ2) is 10.1. The molecule has 1 amide bonds. The second-order valence-corrected chi connectivity index (χ2v) is 9.52. The van der Waals surface area contributed by atoms with Gasteiger partial charge >= 0.3 is 0 Å². The highest BCUT2D eigenvalue weighted by Crippen LogP contribution is 2.28. The number of hydrogen-bond acceptors (Lipinski definition) is 3. The molecule has 158 valence electrons. The van der Waals surface area contributed by atoms with Crippen molar-refractivity contribution >= 4 is 33.2 Å². The van der Waals surface area contributed by atoms with E-state index in [4.69, 9.17) is 11.6 Å². The van der Waals surface area contributed by atoms with Crippen LogP contribution in [0, 0.1) is 6.92 Å². The molecule has 5 nitrogen and oxygen atoms in total. The van der Waals surface area contributed by atoms with Gasteiger partial charge in [0.05, 0.1) is 18.0 Å². The Bertz CT molecular complexity index is 943. The molecule has 0 aliphatic heterocycles. The molecule has 2 rings (SSSR count). The van der Waals surface area contributed by atoms with Crippen LogP contribution < -0.4 is 9.62 Å². The van der Waals surface area contributed by atoms with Gasteiger partial charge in [0.2, 0.25) is 15.9 Å². The normalized spacial score (nSPS) is 12.4. The molecular formula is C22H29ClN2O3S. The summed E-state index contributed by atoms with van der Waals surface area (Å²) in [5, 5.41) is 3.49. The molecule has 0 radical (unpaired) electrons. The average Bonchev–Trinajstić information content (AvgIpc) is 2.67. The van der Waals surface area contributed by atoms with Gasteiger partial charge in [0.1, 0.15) is 0 Å². The van der Waals surface area contributed by atoms with E-state index in [0.29, 0.717) is 22.7 Å². The summed E-state index contributed by atoms with van der Waals surface area (Å²) in [5.74, 6) is -0.103. The summed E-state index contributed by atoms with van der Waals surface area (Å²) >= 11 is 6.14. The fraction of sp³-hybridized carbons (Fsp3) is 0.409. The van der Waals surface area contributed by atoms with Crippen molar-refractivity contribution in [1.29, 1.82) is 0 Å². The number of anilines is 1. The Balaban J connectivity index is 1.96. The van der Waals surface area contributed by atoms with Gasteiger partial charge < -0.3 is 5.32 Å². The van der Waals surface area contributed by atoms with Crippen LogP contribution in [0.2, 0.25) is 5.02 Å². The zero-order chi connectivity index (χ0) is 21.6. The summed E-state index contributed by atoms with van der Waals surface area (Å²) in [5.41, 5.74) is 3.55. The first kappa shape index (κ1) is 23.2. The molecule has 0 fully saturated rings. The van der Waals surface area contributed by atoms with Crippen molar-refractivity contribution in [2.75, 3.05) is 17.1 Å². The Kier molecular flexibility index (Phi) is 8.11. The number of amides is 1. The molecule has 2 aromatic rings. The highest BCUT2D eigenvalue weighted by molar-refractivity contribution is 7.92. The number of carbonyl (C=O) groups is 1. The third-order valence-electron chi connectivity index (χ3n) is 4.94. The summed E-state index contributed by atoms with van der Waals surface area (Å²) in [6.45, 7) is 6.04. The quantitative estimate of drug-likeness (QED) is 0.622. The smallest absolute Gasteiger partial charge is 0.232 e. The molecule has 0 heterocycles. The standard InChI is InChI=1S/C22H29ClN2O3S/c1-5-18-11-13-19(14-12-18)17(3)24-22(26)10-7-15-25(29(4,27)28)21-9-6-8-20(23)16(21)2/h6,8-9,11-14,17H,5,7,10,15H2,1-4H3,(H,24,26). The van der Waals surface area contributed by atoms with Gasteiger partial charge in [0, 0.05) is 18.0 Å². The van der Waals surface area contributed by atoms with Gasteiger partial charge in [-0.05, 0) is 55.5 Å². The van der Waals surface area contributed by atoms with Gasteiger partial charge in [-0.3, -0.25) is 9.10 Å². The molecule has 7 heteroatoms. The Morgan fingerprint density at radius 1 is 1.17 bits per heavy atom. The van der Waals surface area contributed by atoms with E-state index in [0.717, 1.165) is 18.2 Å². The van der Waals surface area contributed by atoms with Crippen LogP contribution in [0.5, 0.6) is 0 Å². The Morgan fingerprint density at radius 3 is 2.41 bits per heavy atom. The first-order chi connectivity index (χ1) is 13.6. The largest absolute Gasteiger partial charge is 0.350 e. The zero-order valence-electron chi connectivity index (χ0n) is 17.4. The van der Waals surface area contributed by atoms with E-state index in [2.05, 4.69) is 24.4 Å². The highest BCUT2D eigenvalue weighted by Gasteiger charge is 2.20. The summed E-state index contributed by atoms with van der Waals surface area (Å²) in [4.78, 5) is 12.3. The molecule has 1 atom stereocenters. The van der Waals surface area contributed by atoms with Gasteiger partial charge in [-0.2, -0.15) is 0 Å². The summed E-state index contributed by atoms with van der Waals surface area (Å²) < 4.78 is 25.9. The third-order valence-corrected chi connectivity index (χ3v) is 6.53. The van der Waals surface area contributed by atoms with Crippen LogP contribution >= 0.6 is 11.6 Å². The van der Waals surface area contributed by atoms with Crippen molar-refractivity contribution in [2.45, 2.75) is 46.1 Å². The maximum absolute atomic E-state index is 12.3. The van der Waals surface area contributed by atoms with Gasteiger partial charge in [-0.25, -0.2) is 8.42 Å². The first-order valence-corrected chi connectivity index (χ1v) is 12.0. The molecule has 1 unspecified atom stereocenters. The van der Waals surface area contributed by atoms with Crippen molar-refractivity contribution < 1.29 is 13.2 Å². The number of halogens is 1. The summed E-state index contributed by atoms with van der Waals surface area (Å²) in [6, 6.07) is 13.3. The van der Waals surface area contributed by atoms with E-state index in [1.165, 1.54) is 9.87 Å². The minimum absolute atomic E-state index is 0.102. The summed E-state index contributed by atoms with van der Waals surface area (Å²) in [7, 11) is -3.48. The predicted molar refractivity (Wildman–Crippen MR) is 120 cm³/mol. The van der Waals surface area contributed by atoms with Crippen LogP contribution in [-0.2, 0) is 21.2 Å². The molecule has 0 spiro atoms. The van der Waals surface area contributed by atoms with Crippen LogP contribution in [-0.4, -0.2) is 27.1 Å². The predicted octanol–water partition coefficient (Wildman–Crippen LogP) is 4.63. The van der Waals surface area contributed by atoms with Crippen LogP contribution in [0.4, 0.5) is 5.69 Å². The summed E-state index contributed by atoms with van der Waals surface area (Å²) in [6.07, 6.45) is 2.79. The number of hydrogen-bond donors (Lipinski definition) is 1. The van der Waals surface area contributed by atoms with Gasteiger partial charge in [0.25, 0.3) is 0 Å². The SMILES string of the molecule is CCc1ccc(C(C)NC(=O)CCCN(c2cccc(Cl)c2C)S(C)(=O)=O)cc1. The minimum atomic E-state index is -3.48. The van der Waals surface area contributed by atoms with Crippen molar-refractivity contribution in [3.8, 4) is 0 Å². The molecule has 0 saturated carbocycles. The van der Waals surface area contributed by atoms with E-state index in [-0.39, 0.29) is 24.9 Å². The molecule has 0 aliphatic rings. The van der Waals surface area contributed by atoms with Crippen molar-refractivity contribution in [3.63, 3.8) is 0 Å². The monoisotopic (exact) mass is 436 g/mol. The van der Waals surface area contributed by atoms with E-state index < -0.39 is 10.0 Å². The van der Waals surface area contributed by atoms with Crippen molar-refractivity contribution in [1.82, 2.24) is 5.32 Å². The number of sulfonamides is 1. The molecule has 0 aliphatic carbocycles. The molecule has 0 aromatic heterocycles. The first-order valence-electron chi connectivity index (χ1n) is 9.74. The highest BCUT2D eigenvalue weighted by atomic mass is 35.5. The van der Waals surface area contributed by atoms with Crippen molar-refractivity contribution in [3.05, 3.63) is 64.2 Å². The third kappa shape index (κ3) is 6.47. The van der Waals surface area contributed by atoms with E-state index in [9.17, 15) is 13.2 Å². The van der Waals surface area contributed by atoms with Crippen LogP contribution in [0.25, 0.3) is 0 Å². The number of carbonyl (C=O) groups excluding carboxylic acids is 1. The maximum Gasteiger partial charge on any atom is 0.232 e. The molecule has 0 saturated heterocycles. The number of nitrogens with one attached hydrogen (secondary N) is 1. The van der Waals surface area contributed by atoms with E-state index in [1.54, 1.807) is 25.1 Å². The van der Waals surface area contributed by atoms with E-state index in [1.807, 2.05) is 19.1 Å². The maximum atomic E-state index is 12.3. The fourth-order valence-corrected chi connectivity index (χ4v) is 4.34. The van der Waals surface area contributed by atoms with Crippen molar-refractivity contribution in [2.24, 2.45) is 0 Å². The van der Waals surface area contributed by atoms with Crippen LogP contribution in [0.1, 0.15) is 49.4 Å². The lowest BCUT2D eigenvalue weighted by molar-refractivity contribution is -0.121. The fourth-order valence-electron chi connectivity index (χ4n) is 3.15. The number of nitrogens with zero attached hydrogens (tertiary/aromatic N) is 1. The van der Waals surface area contributed by atoms with Gasteiger partial charge in [0.15, 0.2) is 0 Å². The lowest BCUT2D eigenvalue weighted by Gasteiger charge is -2.24. The Morgan fingerprint density at radius 2 is 1.83 bits per heavy atom. The molecule has 0 bridgehead atoms. The Hall–Kier alpha value is -2.05. The molecule has 1 N–H and O–H groups in total. The van der Waals surface area contributed by atoms with Gasteiger partial charge in [-0.15, -0.1) is 0 Å². The second-order valence-electron chi connectivity index (χ2n) is 7.21. The lowest BCUT2D eigenvalue weighted by atomic mass is 10.0. The minimum Gasteiger partial charge on any atom is -0.350 e. The lowest BCUT2D eigenvalue weighted by Crippen LogP contribution is -2.33. The molecule has 29 heavy (non-hydrogen) atoms. The molecular weight excluding hydrogens is 408 g/mol. The number of benzene rings is 2. The zero-order valence-corrected chi connectivity index (χ0v) is 19.0. The number of rotatable bonds is 9. The van der Waals surface area contributed by atoms with Gasteiger partial charge in [-0.1, -0.05) is 48.9 Å². The Labute approximate surface area is 179 Å². The van der Waals surface area contributed by atoms with E-state index >= 15 is 0 Å². The van der Waals surface area contributed by atoms with Crippen LogP contribution in [0.15, 0.2) is 42.5 Å². The topological polar surface area (TPSA) is 66.5 Å². The number of aryl methyl sites for hydroxylation is 1. The average molecular weight is 437 g/mol. The molecule has 2 aromatic carbocycles. The van der Waals surface area contributed by atoms with Crippen LogP contribution in [0.3, 0.4) is 0 Å².